The predicted octanol–water partition coefficient (Wildman–Crippen LogP) is 3.01. The molecule has 0 aromatic carbocycles. The Morgan fingerprint density at radius 3 is 2.43 bits per heavy atom. The molecular formula is C18H36N2O. The molecule has 2 heterocycles. The number of hydrogen-bond acceptors (Lipinski definition) is 3. The number of hydrogen-bond donors (Lipinski definition) is 1. The van der Waals surface area contributed by atoms with E-state index in [1.54, 1.807) is 0 Å². The van der Waals surface area contributed by atoms with Gasteiger partial charge in [-0.05, 0) is 56.7 Å². The van der Waals surface area contributed by atoms with E-state index in [4.69, 9.17) is 4.74 Å². The van der Waals surface area contributed by atoms with Crippen molar-refractivity contribution in [2.45, 2.75) is 47.0 Å². The fourth-order valence-electron chi connectivity index (χ4n) is 3.85. The molecule has 0 aromatic rings. The van der Waals surface area contributed by atoms with E-state index >= 15 is 0 Å². The maximum absolute atomic E-state index is 5.75. The minimum absolute atomic E-state index is 0.361. The molecule has 124 valence electrons. The zero-order valence-corrected chi connectivity index (χ0v) is 14.7. The lowest BCUT2D eigenvalue weighted by Crippen LogP contribution is -2.47. The molecule has 0 aliphatic carbocycles. The van der Waals surface area contributed by atoms with Crippen LogP contribution in [0, 0.1) is 23.2 Å². The monoisotopic (exact) mass is 296 g/mol. The number of nitrogens with zero attached hydrogens (tertiary/aromatic N) is 1. The summed E-state index contributed by atoms with van der Waals surface area (Å²) in [5.74, 6) is 2.52. The van der Waals surface area contributed by atoms with E-state index < -0.39 is 0 Å². The Kier molecular flexibility index (Phi) is 6.51. The summed E-state index contributed by atoms with van der Waals surface area (Å²) in [6, 6.07) is 0. The quantitative estimate of drug-likeness (QED) is 0.781. The van der Waals surface area contributed by atoms with Gasteiger partial charge in [-0.1, -0.05) is 27.7 Å². The zero-order valence-electron chi connectivity index (χ0n) is 14.7. The van der Waals surface area contributed by atoms with Crippen LogP contribution in [0.3, 0.4) is 0 Å². The Hall–Kier alpha value is -0.120. The minimum atomic E-state index is 0.361. The highest BCUT2D eigenvalue weighted by Crippen LogP contribution is 2.32. The molecule has 3 nitrogen and oxygen atoms in total. The first-order valence-corrected chi connectivity index (χ1v) is 9.01. The van der Waals surface area contributed by atoms with Gasteiger partial charge in [-0.2, -0.15) is 0 Å². The van der Waals surface area contributed by atoms with Crippen LogP contribution in [0.4, 0.5) is 0 Å². The van der Waals surface area contributed by atoms with Crippen LogP contribution in [0.2, 0.25) is 0 Å². The lowest BCUT2D eigenvalue weighted by atomic mass is 9.83. The van der Waals surface area contributed by atoms with Gasteiger partial charge in [-0.25, -0.2) is 0 Å². The van der Waals surface area contributed by atoms with Crippen molar-refractivity contribution in [3.05, 3.63) is 0 Å². The predicted molar refractivity (Wildman–Crippen MR) is 89.6 cm³/mol. The third-order valence-corrected chi connectivity index (χ3v) is 5.37. The number of likely N-dealkylation sites (tertiary alicyclic amines) is 1. The van der Waals surface area contributed by atoms with Crippen molar-refractivity contribution in [3.63, 3.8) is 0 Å². The molecule has 0 saturated carbocycles. The first-order valence-electron chi connectivity index (χ1n) is 9.01. The van der Waals surface area contributed by atoms with Gasteiger partial charge >= 0.3 is 0 Å². The Labute approximate surface area is 131 Å². The molecular weight excluding hydrogens is 260 g/mol. The van der Waals surface area contributed by atoms with Crippen LogP contribution in [0.25, 0.3) is 0 Å². The Morgan fingerprint density at radius 1 is 1.19 bits per heavy atom. The van der Waals surface area contributed by atoms with Crippen molar-refractivity contribution < 1.29 is 4.74 Å². The van der Waals surface area contributed by atoms with Gasteiger partial charge in [0.1, 0.15) is 0 Å². The van der Waals surface area contributed by atoms with Crippen LogP contribution in [0.1, 0.15) is 47.0 Å². The molecule has 3 heteroatoms. The van der Waals surface area contributed by atoms with Crippen molar-refractivity contribution in [1.29, 1.82) is 0 Å². The lowest BCUT2D eigenvalue weighted by Gasteiger charge is -2.39. The Balaban J connectivity index is 1.80. The van der Waals surface area contributed by atoms with E-state index in [1.807, 2.05) is 0 Å². The average Bonchev–Trinajstić information content (AvgIpc) is 2.87. The van der Waals surface area contributed by atoms with Crippen LogP contribution in [0.15, 0.2) is 0 Å². The second-order valence-electron chi connectivity index (χ2n) is 8.18. The van der Waals surface area contributed by atoms with Crippen molar-refractivity contribution in [2.75, 3.05) is 45.9 Å². The topological polar surface area (TPSA) is 24.5 Å². The van der Waals surface area contributed by atoms with E-state index in [0.29, 0.717) is 5.41 Å². The average molecular weight is 296 g/mol. The summed E-state index contributed by atoms with van der Waals surface area (Å²) >= 11 is 0. The zero-order chi connectivity index (χ0) is 15.3. The van der Waals surface area contributed by atoms with Gasteiger partial charge in [0.2, 0.25) is 0 Å². The number of piperidine rings is 1. The van der Waals surface area contributed by atoms with Gasteiger partial charge in [-0.15, -0.1) is 0 Å². The van der Waals surface area contributed by atoms with Gasteiger partial charge < -0.3 is 15.0 Å². The Bertz CT molecular complexity index is 290. The molecule has 0 spiro atoms. The molecule has 0 aromatic heterocycles. The molecule has 0 bridgehead atoms. The number of nitrogens with one attached hydrogen (secondary N) is 1. The molecule has 2 fully saturated rings. The maximum Gasteiger partial charge on any atom is 0.0547 e. The van der Waals surface area contributed by atoms with Crippen LogP contribution < -0.4 is 5.32 Å². The maximum atomic E-state index is 5.75. The van der Waals surface area contributed by atoms with Gasteiger partial charge in [0.05, 0.1) is 6.61 Å². The van der Waals surface area contributed by atoms with Gasteiger partial charge in [0.15, 0.2) is 0 Å². The van der Waals surface area contributed by atoms with Crippen LogP contribution in [-0.2, 0) is 4.74 Å². The smallest absolute Gasteiger partial charge is 0.0547 e. The summed E-state index contributed by atoms with van der Waals surface area (Å²) in [6.45, 7) is 17.3. The van der Waals surface area contributed by atoms with E-state index in [2.05, 4.69) is 37.9 Å². The van der Waals surface area contributed by atoms with Crippen molar-refractivity contribution in [2.24, 2.45) is 23.2 Å². The summed E-state index contributed by atoms with van der Waals surface area (Å²) in [6.07, 6.45) is 3.99. The first kappa shape index (κ1) is 17.2. The van der Waals surface area contributed by atoms with E-state index in [1.165, 1.54) is 38.9 Å². The second-order valence-corrected chi connectivity index (χ2v) is 8.18. The molecule has 0 amide bonds. The number of rotatable bonds is 7. The Morgan fingerprint density at radius 2 is 1.90 bits per heavy atom. The molecule has 0 radical (unpaired) electrons. The lowest BCUT2D eigenvalue weighted by molar-refractivity contribution is 0.0797. The molecule has 2 aliphatic heterocycles. The number of ether oxygens (including phenoxy) is 1. The summed E-state index contributed by atoms with van der Waals surface area (Å²) in [7, 11) is 0. The normalized spacial score (nSPS) is 28.9. The van der Waals surface area contributed by atoms with Crippen molar-refractivity contribution >= 4 is 0 Å². The molecule has 1 atom stereocenters. The standard InChI is InChI=1S/C18H36N2O/c1-15(2)11-19-12-18(7-10-21-14-18)13-20-8-5-17(6-9-20)16(3)4/h15-17,19H,5-14H2,1-4H3. The SMILES string of the molecule is CC(C)CNCC1(CN2CCC(C(C)C)CC2)CCOC1. The van der Waals surface area contributed by atoms with Crippen molar-refractivity contribution in [1.82, 2.24) is 10.2 Å². The van der Waals surface area contributed by atoms with Crippen LogP contribution >= 0.6 is 0 Å². The van der Waals surface area contributed by atoms with Gasteiger partial charge in [0, 0.05) is 25.1 Å². The summed E-state index contributed by atoms with van der Waals surface area (Å²) < 4.78 is 5.75. The fraction of sp³-hybridized carbons (Fsp3) is 1.00. The third-order valence-electron chi connectivity index (χ3n) is 5.37. The molecule has 2 rings (SSSR count). The van der Waals surface area contributed by atoms with Crippen LogP contribution in [-0.4, -0.2) is 50.8 Å². The van der Waals surface area contributed by atoms with Crippen molar-refractivity contribution in [3.8, 4) is 0 Å². The molecule has 2 saturated heterocycles. The highest BCUT2D eigenvalue weighted by atomic mass is 16.5. The first-order chi connectivity index (χ1) is 10.0. The van der Waals surface area contributed by atoms with Gasteiger partial charge in [0.25, 0.3) is 0 Å². The highest BCUT2D eigenvalue weighted by molar-refractivity contribution is 4.90. The third kappa shape index (κ3) is 5.22. The summed E-state index contributed by atoms with van der Waals surface area (Å²) in [4.78, 5) is 2.70. The van der Waals surface area contributed by atoms with Gasteiger partial charge in [-0.3, -0.25) is 0 Å². The second kappa shape index (κ2) is 7.94. The molecule has 21 heavy (non-hydrogen) atoms. The summed E-state index contributed by atoms with van der Waals surface area (Å²) in [5, 5.41) is 3.68. The van der Waals surface area contributed by atoms with E-state index in [-0.39, 0.29) is 0 Å². The molecule has 1 N–H and O–H groups in total. The highest BCUT2D eigenvalue weighted by Gasteiger charge is 2.37. The molecule has 1 unspecified atom stereocenters. The fourth-order valence-corrected chi connectivity index (χ4v) is 3.85. The van der Waals surface area contributed by atoms with Crippen LogP contribution in [0.5, 0.6) is 0 Å². The van der Waals surface area contributed by atoms with E-state index in [0.717, 1.165) is 44.1 Å². The molecule has 2 aliphatic rings. The van der Waals surface area contributed by atoms with E-state index in [9.17, 15) is 0 Å². The minimum Gasteiger partial charge on any atom is -0.381 e. The largest absolute Gasteiger partial charge is 0.381 e. The summed E-state index contributed by atoms with van der Waals surface area (Å²) in [5.41, 5.74) is 0.361.